The molecule has 28 heavy (non-hydrogen) atoms. The second-order valence-corrected chi connectivity index (χ2v) is 8.43. The van der Waals surface area contributed by atoms with Crippen molar-refractivity contribution < 1.29 is 9.53 Å². The minimum absolute atomic E-state index is 0.123. The molecule has 1 saturated heterocycles. The van der Waals surface area contributed by atoms with Crippen molar-refractivity contribution in [2.24, 2.45) is 5.92 Å². The van der Waals surface area contributed by atoms with Crippen molar-refractivity contribution in [1.82, 2.24) is 19.9 Å². The summed E-state index contributed by atoms with van der Waals surface area (Å²) in [5.74, 6) is 1.05. The van der Waals surface area contributed by atoms with Crippen LogP contribution >= 0.6 is 0 Å². The maximum atomic E-state index is 12.7. The predicted octanol–water partition coefficient (Wildman–Crippen LogP) is 3.46. The molecule has 0 amide bonds. The highest BCUT2D eigenvalue weighted by molar-refractivity contribution is 5.83. The fourth-order valence-corrected chi connectivity index (χ4v) is 3.53. The topological polar surface area (TPSA) is 68.2 Å². The highest BCUT2D eigenvalue weighted by atomic mass is 16.5. The van der Waals surface area contributed by atoms with E-state index in [1.54, 1.807) is 24.8 Å². The van der Waals surface area contributed by atoms with Crippen molar-refractivity contribution in [3.8, 4) is 5.88 Å². The number of pyridine rings is 1. The Labute approximate surface area is 167 Å². The zero-order valence-electron chi connectivity index (χ0n) is 17.1. The third-order valence-corrected chi connectivity index (χ3v) is 4.89. The predicted molar refractivity (Wildman–Crippen MR) is 108 cm³/mol. The summed E-state index contributed by atoms with van der Waals surface area (Å²) in [4.78, 5) is 28.0. The Morgan fingerprint density at radius 2 is 2.00 bits per heavy atom. The molecule has 1 aliphatic heterocycles. The summed E-state index contributed by atoms with van der Waals surface area (Å²) in [7, 11) is 0. The van der Waals surface area contributed by atoms with Gasteiger partial charge in [0.05, 0.1) is 0 Å². The molecule has 3 rings (SSSR count). The van der Waals surface area contributed by atoms with Crippen molar-refractivity contribution in [1.29, 1.82) is 0 Å². The Balaban J connectivity index is 1.58. The molecule has 150 valence electrons. The van der Waals surface area contributed by atoms with Gasteiger partial charge in [-0.3, -0.25) is 19.7 Å². The first kappa shape index (κ1) is 20.4. The molecule has 2 aromatic rings. The lowest BCUT2D eigenvalue weighted by molar-refractivity contribution is -0.122. The van der Waals surface area contributed by atoms with Crippen LogP contribution in [0.3, 0.4) is 0 Å². The molecule has 0 aliphatic carbocycles. The van der Waals surface area contributed by atoms with E-state index in [0.29, 0.717) is 24.6 Å². The van der Waals surface area contributed by atoms with Gasteiger partial charge in [-0.25, -0.2) is 4.98 Å². The first-order valence-electron chi connectivity index (χ1n) is 10.0. The fourth-order valence-electron chi connectivity index (χ4n) is 3.53. The third kappa shape index (κ3) is 6.09. The van der Waals surface area contributed by atoms with Gasteiger partial charge in [0.25, 0.3) is 0 Å². The van der Waals surface area contributed by atoms with Crippen molar-refractivity contribution in [3.63, 3.8) is 0 Å². The second kappa shape index (κ2) is 9.24. The lowest BCUT2D eigenvalue weighted by atomic mass is 9.92. The number of Topliss-reactive ketones (excluding diaryl/α,β-unsaturated/α-hetero) is 1. The highest BCUT2D eigenvalue weighted by Crippen LogP contribution is 2.24. The molecule has 0 spiro atoms. The van der Waals surface area contributed by atoms with Crippen LogP contribution in [-0.2, 0) is 17.8 Å². The lowest BCUT2D eigenvalue weighted by Crippen LogP contribution is -2.28. The molecule has 6 nitrogen and oxygen atoms in total. The molecule has 1 fully saturated rings. The standard InChI is InChI=1S/C22H30N4O2/c1-22(2,3)28-21-19(24-10-11-25-21)16-26-12-5-7-18(8-13-26)20(27)14-17-6-4-9-23-15-17/h4,6,9-11,15,18H,5,7-8,12-14,16H2,1-3H3. The Morgan fingerprint density at radius 3 is 2.75 bits per heavy atom. The maximum absolute atomic E-state index is 12.7. The summed E-state index contributed by atoms with van der Waals surface area (Å²) in [6.45, 7) is 8.57. The summed E-state index contributed by atoms with van der Waals surface area (Å²) in [6, 6.07) is 3.86. The summed E-state index contributed by atoms with van der Waals surface area (Å²) in [5.41, 5.74) is 1.54. The normalized spacial score (nSPS) is 18.5. The van der Waals surface area contributed by atoms with E-state index in [1.165, 1.54) is 0 Å². The fraction of sp³-hybridized carbons (Fsp3) is 0.545. The number of rotatable bonds is 6. The van der Waals surface area contributed by atoms with E-state index in [4.69, 9.17) is 4.74 Å². The number of hydrogen-bond donors (Lipinski definition) is 0. The van der Waals surface area contributed by atoms with E-state index >= 15 is 0 Å². The van der Waals surface area contributed by atoms with Gasteiger partial charge in [-0.05, 0) is 64.8 Å². The number of nitrogens with zero attached hydrogens (tertiary/aromatic N) is 4. The second-order valence-electron chi connectivity index (χ2n) is 8.43. The van der Waals surface area contributed by atoms with Gasteiger partial charge in [0.15, 0.2) is 0 Å². The molecule has 0 saturated carbocycles. The summed E-state index contributed by atoms with van der Waals surface area (Å²) < 4.78 is 5.97. The quantitative estimate of drug-likeness (QED) is 0.762. The minimum Gasteiger partial charge on any atom is -0.471 e. The molecule has 6 heteroatoms. The lowest BCUT2D eigenvalue weighted by Gasteiger charge is -2.24. The molecule has 2 aromatic heterocycles. The molecule has 1 aliphatic rings. The van der Waals surface area contributed by atoms with Crippen molar-refractivity contribution >= 4 is 5.78 Å². The SMILES string of the molecule is CC(C)(C)Oc1nccnc1CN1CCCC(C(=O)Cc2cccnc2)CC1. The van der Waals surface area contributed by atoms with Gasteiger partial charge in [-0.2, -0.15) is 0 Å². The van der Waals surface area contributed by atoms with Gasteiger partial charge in [-0.1, -0.05) is 6.07 Å². The van der Waals surface area contributed by atoms with E-state index in [1.807, 2.05) is 32.9 Å². The third-order valence-electron chi connectivity index (χ3n) is 4.89. The summed E-state index contributed by atoms with van der Waals surface area (Å²) in [6.07, 6.45) is 10.2. The highest BCUT2D eigenvalue weighted by Gasteiger charge is 2.24. The van der Waals surface area contributed by atoms with Crippen LogP contribution in [0.5, 0.6) is 5.88 Å². The monoisotopic (exact) mass is 382 g/mol. The van der Waals surface area contributed by atoms with Crippen molar-refractivity contribution in [2.75, 3.05) is 13.1 Å². The zero-order valence-corrected chi connectivity index (χ0v) is 17.1. The minimum atomic E-state index is -0.312. The van der Waals surface area contributed by atoms with Crippen LogP contribution in [0.2, 0.25) is 0 Å². The molecule has 0 N–H and O–H groups in total. The van der Waals surface area contributed by atoms with Gasteiger partial charge < -0.3 is 4.74 Å². The number of ketones is 1. The molecule has 0 radical (unpaired) electrons. The molecule has 3 heterocycles. The van der Waals surface area contributed by atoms with Crippen molar-refractivity contribution in [2.45, 2.75) is 58.6 Å². The summed E-state index contributed by atoms with van der Waals surface area (Å²) >= 11 is 0. The van der Waals surface area contributed by atoms with Crippen LogP contribution in [0, 0.1) is 5.92 Å². The Hall–Kier alpha value is -2.34. The van der Waals surface area contributed by atoms with Crippen LogP contribution in [0.4, 0.5) is 0 Å². The van der Waals surface area contributed by atoms with E-state index in [9.17, 15) is 4.79 Å². The van der Waals surface area contributed by atoms with Gasteiger partial charge >= 0.3 is 0 Å². The number of carbonyl (C=O) groups excluding carboxylic acids is 1. The van der Waals surface area contributed by atoms with Crippen LogP contribution < -0.4 is 4.74 Å². The summed E-state index contributed by atoms with van der Waals surface area (Å²) in [5, 5.41) is 0. The number of aromatic nitrogens is 3. The molecular weight excluding hydrogens is 352 g/mol. The number of hydrogen-bond acceptors (Lipinski definition) is 6. The van der Waals surface area contributed by atoms with Crippen LogP contribution in [0.25, 0.3) is 0 Å². The Bertz CT molecular complexity index is 774. The largest absolute Gasteiger partial charge is 0.471 e. The number of carbonyl (C=O) groups is 1. The molecule has 0 aromatic carbocycles. The molecular formula is C22H30N4O2. The smallest absolute Gasteiger partial charge is 0.237 e. The van der Waals surface area contributed by atoms with Gasteiger partial charge in [0, 0.05) is 43.7 Å². The van der Waals surface area contributed by atoms with Gasteiger partial charge in [0.2, 0.25) is 5.88 Å². The Morgan fingerprint density at radius 1 is 1.18 bits per heavy atom. The molecule has 1 atom stereocenters. The zero-order chi connectivity index (χ0) is 20.0. The first-order chi connectivity index (χ1) is 13.4. The Kier molecular flexibility index (Phi) is 6.73. The number of ether oxygens (including phenoxy) is 1. The average Bonchev–Trinajstić information content (AvgIpc) is 2.89. The van der Waals surface area contributed by atoms with Gasteiger partial charge in [-0.15, -0.1) is 0 Å². The molecule has 1 unspecified atom stereocenters. The van der Waals surface area contributed by atoms with Crippen LogP contribution in [0.1, 0.15) is 51.3 Å². The first-order valence-corrected chi connectivity index (χ1v) is 10.0. The van der Waals surface area contributed by atoms with Gasteiger partial charge in [0.1, 0.15) is 17.1 Å². The average molecular weight is 383 g/mol. The van der Waals surface area contributed by atoms with E-state index in [0.717, 1.165) is 43.6 Å². The molecule has 0 bridgehead atoms. The van der Waals surface area contributed by atoms with E-state index in [-0.39, 0.29) is 11.5 Å². The van der Waals surface area contributed by atoms with Crippen molar-refractivity contribution in [3.05, 3.63) is 48.2 Å². The number of likely N-dealkylation sites (tertiary alicyclic amines) is 1. The maximum Gasteiger partial charge on any atom is 0.237 e. The van der Waals surface area contributed by atoms with Crippen LogP contribution in [-0.4, -0.2) is 44.3 Å². The van der Waals surface area contributed by atoms with E-state index < -0.39 is 0 Å². The van der Waals surface area contributed by atoms with E-state index in [2.05, 4.69) is 19.9 Å². The van der Waals surface area contributed by atoms with Crippen LogP contribution in [0.15, 0.2) is 36.9 Å².